The zero-order valence-corrected chi connectivity index (χ0v) is 37.7. The Hall–Kier alpha value is -5.43. The summed E-state index contributed by atoms with van der Waals surface area (Å²) in [4.78, 5) is 106. The molecule has 11 N–H and O–H groups in total. The van der Waals surface area contributed by atoms with Crippen LogP contribution in [0.25, 0.3) is 0 Å². The van der Waals surface area contributed by atoms with E-state index in [9.17, 15) is 56.7 Å². The third kappa shape index (κ3) is 14.6. The summed E-state index contributed by atoms with van der Waals surface area (Å²) < 4.78 is 42.2. The molecule has 358 valence electrons. The molecule has 24 heteroatoms. The number of rotatable bonds is 15. The Balaban J connectivity index is 2.26. The molecule has 1 aromatic rings. The Kier molecular flexibility index (Phi) is 19.9. The minimum absolute atomic E-state index is 0.0240. The van der Waals surface area contributed by atoms with Crippen LogP contribution in [0.3, 0.4) is 0 Å². The first-order valence-corrected chi connectivity index (χ1v) is 22.5. The van der Waals surface area contributed by atoms with Gasteiger partial charge in [-0.05, 0) is 50.0 Å². The van der Waals surface area contributed by atoms with Gasteiger partial charge in [-0.1, -0.05) is 70.9 Å². The number of carbonyl (C=O) groups excluding carboxylic acids is 7. The minimum atomic E-state index is -5.33. The second kappa shape index (κ2) is 24.0. The number of amides is 6. The van der Waals surface area contributed by atoms with E-state index in [1.807, 2.05) is 0 Å². The summed E-state index contributed by atoms with van der Waals surface area (Å²) in [6, 6.07) is -0.249. The van der Waals surface area contributed by atoms with Gasteiger partial charge in [0.15, 0.2) is 12.1 Å². The van der Waals surface area contributed by atoms with Crippen molar-refractivity contribution >= 4 is 57.8 Å². The van der Waals surface area contributed by atoms with Crippen LogP contribution >= 0.6 is 0 Å². The van der Waals surface area contributed by atoms with Gasteiger partial charge in [0, 0.05) is 20.0 Å². The molecular formula is C40H63N9O14S. The monoisotopic (exact) mass is 925 g/mol. The first kappa shape index (κ1) is 52.9. The number of cyclic esters (lactones) is 1. The van der Waals surface area contributed by atoms with Gasteiger partial charge in [0.1, 0.15) is 48.6 Å². The quantitative estimate of drug-likeness (QED) is 0.0291. The Morgan fingerprint density at radius 1 is 0.969 bits per heavy atom. The zero-order chi connectivity index (χ0) is 48.1. The van der Waals surface area contributed by atoms with E-state index in [-0.39, 0.29) is 44.6 Å². The maximum Gasteiger partial charge on any atom is 0.398 e. The van der Waals surface area contributed by atoms with Gasteiger partial charge in [-0.15, -0.1) is 0 Å². The highest BCUT2D eigenvalue weighted by molar-refractivity contribution is 7.80. The lowest BCUT2D eigenvalue weighted by Gasteiger charge is -2.44. The third-order valence-corrected chi connectivity index (χ3v) is 11.9. The second-order valence-corrected chi connectivity index (χ2v) is 17.1. The molecule has 0 spiro atoms. The number of guanidine groups is 1. The number of likely N-dealkylation sites (N-methyl/N-ethyl adjacent to an activating group) is 1. The van der Waals surface area contributed by atoms with Crippen LogP contribution in [0.1, 0.15) is 78.7 Å². The van der Waals surface area contributed by atoms with Crippen molar-refractivity contribution in [2.24, 2.45) is 28.3 Å². The van der Waals surface area contributed by atoms with Gasteiger partial charge in [-0.3, -0.25) is 38.3 Å². The van der Waals surface area contributed by atoms with Crippen molar-refractivity contribution in [1.29, 1.82) is 0 Å². The molecular weight excluding hydrogens is 863 g/mol. The molecule has 2 saturated heterocycles. The van der Waals surface area contributed by atoms with E-state index in [2.05, 4.69) is 30.4 Å². The molecule has 11 atom stereocenters. The van der Waals surface area contributed by atoms with E-state index >= 15 is 0 Å². The summed E-state index contributed by atoms with van der Waals surface area (Å²) in [5.74, 6) is -8.53. The predicted octanol–water partition coefficient (Wildman–Crippen LogP) is -2.42. The van der Waals surface area contributed by atoms with E-state index in [4.69, 9.17) is 16.2 Å². The molecule has 2 bridgehead atoms. The Bertz CT molecular complexity index is 1950. The van der Waals surface area contributed by atoms with Gasteiger partial charge in [0.25, 0.3) is 5.91 Å². The molecule has 6 amide bonds. The summed E-state index contributed by atoms with van der Waals surface area (Å²) in [5, 5.41) is 31.0. The topological polar surface area (TPSA) is 352 Å². The lowest BCUT2D eigenvalue weighted by Crippen LogP contribution is -2.66. The standard InChI is InChI=1S/C40H63N9O14S/c1-7-21(3)30-39(58)62-23(5)31(47-35(54)28(20-50)63-64(59,60)61)36(55)44-25(15-12-18-43-40(41)42)33(52)45-26-16-17-29(51)49(37(26)56)32(22(4)8-2)38(57)48(6)27(34(53)46-30)19-24-13-10-9-11-14-24/h9-11,13-14,21-23,25-32,50-51H,7-8,12,15-20H2,1-6H3,(H,44,55)(H,45,52)(H,46,53)(H,47,54)(H4,41,42,43)(H,59,60,61)/t21-,22-,23-,25+,26+,27+,28+,29-,30+,31+,32-/m1/s1. The lowest BCUT2D eigenvalue weighted by molar-refractivity contribution is -0.168. The fraction of sp³-hybridized carbons (Fsp3) is 0.650. The molecule has 3 rings (SSSR count). The van der Waals surface area contributed by atoms with Crippen LogP contribution in [0.4, 0.5) is 0 Å². The molecule has 2 aliphatic heterocycles. The zero-order valence-electron chi connectivity index (χ0n) is 36.8. The van der Waals surface area contributed by atoms with E-state index in [1.54, 1.807) is 58.0 Å². The number of fused-ring (bicyclic) bond motifs is 2. The van der Waals surface area contributed by atoms with Gasteiger partial charge in [-0.25, -0.2) is 8.98 Å². The fourth-order valence-electron chi connectivity index (χ4n) is 7.32. The molecule has 2 heterocycles. The average Bonchev–Trinajstić information content (AvgIpc) is 3.24. The van der Waals surface area contributed by atoms with Crippen molar-refractivity contribution in [2.45, 2.75) is 134 Å². The van der Waals surface area contributed by atoms with Crippen LogP contribution in [0, 0.1) is 11.8 Å². The van der Waals surface area contributed by atoms with Crippen LogP contribution in [0.5, 0.6) is 0 Å². The van der Waals surface area contributed by atoms with Crippen LogP contribution in [0.2, 0.25) is 0 Å². The van der Waals surface area contributed by atoms with E-state index in [1.165, 1.54) is 14.0 Å². The van der Waals surface area contributed by atoms with Crippen LogP contribution in [0.15, 0.2) is 35.3 Å². The Labute approximate surface area is 372 Å². The van der Waals surface area contributed by atoms with E-state index < -0.39 is 125 Å². The molecule has 23 nitrogen and oxygen atoms in total. The Morgan fingerprint density at radius 3 is 2.19 bits per heavy atom. The van der Waals surface area contributed by atoms with Gasteiger partial charge >= 0.3 is 16.4 Å². The number of aliphatic hydroxyl groups excluding tert-OH is 2. The number of piperidine rings is 1. The molecule has 1 aromatic carbocycles. The highest BCUT2D eigenvalue weighted by atomic mass is 32.3. The number of hydrogen-bond acceptors (Lipinski definition) is 14. The summed E-state index contributed by atoms with van der Waals surface area (Å²) in [6.45, 7) is 6.67. The number of aliphatic imine (C=N–C) groups is 1. The van der Waals surface area contributed by atoms with Gasteiger partial charge in [0.2, 0.25) is 29.5 Å². The molecule has 0 aliphatic carbocycles. The van der Waals surface area contributed by atoms with Crippen LogP contribution in [-0.4, -0.2) is 155 Å². The molecule has 2 aliphatic rings. The number of aliphatic hydroxyl groups is 2. The minimum Gasteiger partial charge on any atom is -0.458 e. The van der Waals surface area contributed by atoms with E-state index in [0.29, 0.717) is 18.4 Å². The molecule has 0 unspecified atom stereocenters. The second-order valence-electron chi connectivity index (χ2n) is 16.1. The summed E-state index contributed by atoms with van der Waals surface area (Å²) in [5.41, 5.74) is 11.5. The Morgan fingerprint density at radius 2 is 1.61 bits per heavy atom. The lowest BCUT2D eigenvalue weighted by atomic mass is 9.91. The van der Waals surface area contributed by atoms with Crippen molar-refractivity contribution in [3.05, 3.63) is 35.9 Å². The smallest absolute Gasteiger partial charge is 0.398 e. The number of nitrogens with zero attached hydrogens (tertiary/aromatic N) is 3. The van der Waals surface area contributed by atoms with Crippen molar-refractivity contribution < 1.29 is 65.7 Å². The van der Waals surface area contributed by atoms with Crippen molar-refractivity contribution in [2.75, 3.05) is 20.2 Å². The third-order valence-electron chi connectivity index (χ3n) is 11.4. The number of benzene rings is 1. The first-order valence-electron chi connectivity index (χ1n) is 21.1. The molecule has 64 heavy (non-hydrogen) atoms. The average molecular weight is 926 g/mol. The summed E-state index contributed by atoms with van der Waals surface area (Å²) in [7, 11) is -3.96. The van der Waals surface area contributed by atoms with Crippen molar-refractivity contribution in [3.8, 4) is 0 Å². The van der Waals surface area contributed by atoms with Gasteiger partial charge in [0.05, 0.1) is 6.61 Å². The van der Waals surface area contributed by atoms with Gasteiger partial charge in [-0.2, -0.15) is 8.42 Å². The molecule has 0 saturated carbocycles. The number of carbonyl (C=O) groups is 7. The number of esters is 1. The number of hydrogen-bond donors (Lipinski definition) is 9. The van der Waals surface area contributed by atoms with E-state index in [0.717, 1.165) is 9.80 Å². The highest BCUT2D eigenvalue weighted by Crippen LogP contribution is 2.28. The van der Waals surface area contributed by atoms with Crippen molar-refractivity contribution in [1.82, 2.24) is 31.1 Å². The normalized spacial score (nSPS) is 27.0. The maximum absolute atomic E-state index is 14.8. The SMILES string of the molecule is CC[C@@H](C)[C@@H]1NC(=O)[C@H](Cc2ccccc2)N(C)C(=O)[C@@H]([C@H](C)CC)N2C(=O)[C@H](CC[C@H]2O)NC(=O)[C@H](CCCN=C(N)N)NC(=O)[C@@H](NC(=O)[C@H](CO)OS(=O)(=O)O)[C@@H](C)OC1=O. The number of ether oxygens (including phenoxy) is 1. The van der Waals surface area contributed by atoms with Crippen molar-refractivity contribution in [3.63, 3.8) is 0 Å². The fourth-order valence-corrected chi connectivity index (χ4v) is 7.76. The maximum atomic E-state index is 14.8. The molecule has 2 fully saturated rings. The summed E-state index contributed by atoms with van der Waals surface area (Å²) >= 11 is 0. The van der Waals surface area contributed by atoms with Gasteiger partial charge < -0.3 is 57.5 Å². The van der Waals surface area contributed by atoms with Crippen LogP contribution < -0.4 is 32.7 Å². The molecule has 0 radical (unpaired) electrons. The highest BCUT2D eigenvalue weighted by Gasteiger charge is 2.47. The first-order chi connectivity index (χ1) is 30.0. The number of nitrogens with two attached hydrogens (primary N) is 2. The van der Waals surface area contributed by atoms with Crippen LogP contribution in [-0.2, 0) is 59.3 Å². The molecule has 0 aromatic heterocycles. The number of nitrogens with one attached hydrogen (secondary N) is 4. The largest absolute Gasteiger partial charge is 0.458 e. The predicted molar refractivity (Wildman–Crippen MR) is 228 cm³/mol. The summed E-state index contributed by atoms with van der Waals surface area (Å²) in [6.07, 6.45) is -5.19.